The molecule has 1 aliphatic carbocycles. The van der Waals surface area contributed by atoms with Gasteiger partial charge < -0.3 is 0 Å². The summed E-state index contributed by atoms with van der Waals surface area (Å²) in [5.41, 5.74) is 0.466. The first kappa shape index (κ1) is 14.6. The van der Waals surface area contributed by atoms with Crippen molar-refractivity contribution in [1.29, 1.82) is 0 Å². The number of nitrogens with zero attached hydrogens (tertiary/aromatic N) is 2. The van der Waals surface area contributed by atoms with Gasteiger partial charge in [0.25, 0.3) is 5.91 Å². The molecule has 0 unspecified atom stereocenters. The number of benzene rings is 2. The summed E-state index contributed by atoms with van der Waals surface area (Å²) in [6.07, 6.45) is 3.33. The molecule has 2 aromatic carbocycles. The molecule has 0 spiro atoms. The smallest absolute Gasteiger partial charge is 0.293 e. The van der Waals surface area contributed by atoms with Crippen molar-refractivity contribution in [3.8, 4) is 0 Å². The Morgan fingerprint density at radius 1 is 1.04 bits per heavy atom. The van der Waals surface area contributed by atoms with E-state index in [1.54, 1.807) is 12.1 Å². The highest BCUT2D eigenvalue weighted by molar-refractivity contribution is 6.33. The fraction of sp³-hybridized carbons (Fsp3) is 0.222. The summed E-state index contributed by atoms with van der Waals surface area (Å²) in [5.74, 6) is -2.25. The third kappa shape index (κ3) is 2.46. The van der Waals surface area contributed by atoms with Gasteiger partial charge >= 0.3 is 6.03 Å². The number of urea groups is 1. The summed E-state index contributed by atoms with van der Waals surface area (Å²) in [7, 11) is 0. The number of aliphatic imine (C=N–C) groups is 1. The normalized spacial score (nSPS) is 21.6. The summed E-state index contributed by atoms with van der Waals surface area (Å²) in [4.78, 5) is 42.3. The van der Waals surface area contributed by atoms with Crippen LogP contribution in [-0.4, -0.2) is 30.1 Å². The highest BCUT2D eigenvalue weighted by Crippen LogP contribution is 2.29. The molecule has 120 valence electrons. The van der Waals surface area contributed by atoms with Gasteiger partial charge in [0.05, 0.1) is 5.69 Å². The van der Waals surface area contributed by atoms with E-state index in [0.717, 1.165) is 28.5 Å². The van der Waals surface area contributed by atoms with Crippen LogP contribution >= 0.6 is 0 Å². The maximum Gasteiger partial charge on any atom is 0.335 e. The average Bonchev–Trinajstić information content (AvgIpc) is 3.39. The third-order valence-electron chi connectivity index (χ3n) is 4.20. The van der Waals surface area contributed by atoms with Gasteiger partial charge in [0.1, 0.15) is 0 Å². The summed E-state index contributed by atoms with van der Waals surface area (Å²) >= 11 is 0. The van der Waals surface area contributed by atoms with Gasteiger partial charge in [-0.05, 0) is 24.3 Å². The monoisotopic (exact) mass is 321 g/mol. The first-order valence-electron chi connectivity index (χ1n) is 7.85. The lowest BCUT2D eigenvalue weighted by Gasteiger charge is -2.29. The van der Waals surface area contributed by atoms with E-state index in [2.05, 4.69) is 10.3 Å². The number of rotatable bonds is 3. The van der Waals surface area contributed by atoms with Crippen molar-refractivity contribution >= 4 is 40.5 Å². The van der Waals surface area contributed by atoms with Gasteiger partial charge in [0, 0.05) is 17.6 Å². The lowest BCUT2D eigenvalue weighted by atomic mass is 10.0. The number of fused-ring (bicyclic) bond motifs is 1. The Labute approximate surface area is 138 Å². The maximum absolute atomic E-state index is 12.8. The molecule has 4 rings (SSSR count). The Bertz CT molecular complexity index is 881. The molecule has 2 fully saturated rings. The van der Waals surface area contributed by atoms with E-state index in [9.17, 15) is 14.4 Å². The number of anilines is 1. The Balaban J connectivity index is 1.76. The quantitative estimate of drug-likeness (QED) is 0.696. The van der Waals surface area contributed by atoms with Crippen molar-refractivity contribution in [2.75, 3.05) is 4.90 Å². The number of carbonyl (C=O) groups is 3. The highest BCUT2D eigenvalue weighted by Gasteiger charge is 2.41. The van der Waals surface area contributed by atoms with E-state index in [-0.39, 0.29) is 6.04 Å². The third-order valence-corrected chi connectivity index (χ3v) is 4.20. The van der Waals surface area contributed by atoms with Crippen LogP contribution in [0, 0.1) is 5.92 Å². The van der Waals surface area contributed by atoms with E-state index in [1.165, 1.54) is 6.21 Å². The molecule has 6 heteroatoms. The van der Waals surface area contributed by atoms with Gasteiger partial charge in [-0.25, -0.2) is 9.69 Å². The lowest BCUT2D eigenvalue weighted by Crippen LogP contribution is -2.58. The molecule has 1 heterocycles. The molecule has 2 aromatic rings. The number of imide groups is 2. The standard InChI is InChI=1S/C18H15N3O3/c22-16-14(10-19-12-8-9-12)17(23)21(18(24)20-16)15-7-3-5-11-4-1-2-6-13(11)15/h1-7,10,12,14H,8-9H2,(H,20,22,24)/t14-/m1/s1. The second-order valence-corrected chi connectivity index (χ2v) is 5.97. The van der Waals surface area contributed by atoms with Gasteiger partial charge in [-0.3, -0.25) is 19.9 Å². The molecule has 1 saturated carbocycles. The lowest BCUT2D eigenvalue weighted by molar-refractivity contribution is -0.131. The van der Waals surface area contributed by atoms with Crippen molar-refractivity contribution in [3.63, 3.8) is 0 Å². The topological polar surface area (TPSA) is 78.8 Å². The number of hydrogen-bond acceptors (Lipinski definition) is 4. The van der Waals surface area contributed by atoms with E-state index >= 15 is 0 Å². The molecule has 1 saturated heterocycles. The number of barbiturate groups is 1. The number of amides is 4. The fourth-order valence-corrected chi connectivity index (χ4v) is 2.78. The predicted molar refractivity (Wildman–Crippen MR) is 90.0 cm³/mol. The van der Waals surface area contributed by atoms with Crippen LogP contribution in [0.3, 0.4) is 0 Å². The van der Waals surface area contributed by atoms with Gasteiger partial charge in [-0.15, -0.1) is 0 Å². The van der Waals surface area contributed by atoms with E-state index in [0.29, 0.717) is 5.69 Å². The number of hydrogen-bond donors (Lipinski definition) is 1. The predicted octanol–water partition coefficient (Wildman–Crippen LogP) is 2.27. The SMILES string of the molecule is O=C1NC(=O)N(c2cccc3ccccc23)C(=O)[C@@H]1C=NC1CC1. The first-order chi connectivity index (χ1) is 11.6. The molecule has 1 aliphatic heterocycles. The molecule has 0 radical (unpaired) electrons. The van der Waals surface area contributed by atoms with Crippen LogP contribution in [0.15, 0.2) is 47.5 Å². The Hall–Kier alpha value is -3.02. The molecule has 0 aromatic heterocycles. The molecule has 4 amide bonds. The van der Waals surface area contributed by atoms with Crippen LogP contribution in [0.1, 0.15) is 12.8 Å². The minimum absolute atomic E-state index is 0.203. The van der Waals surface area contributed by atoms with Crippen LogP contribution in [0.5, 0.6) is 0 Å². The summed E-state index contributed by atoms with van der Waals surface area (Å²) < 4.78 is 0. The van der Waals surface area contributed by atoms with Crippen LogP contribution in [-0.2, 0) is 9.59 Å². The molecule has 24 heavy (non-hydrogen) atoms. The fourth-order valence-electron chi connectivity index (χ4n) is 2.78. The average molecular weight is 321 g/mol. The van der Waals surface area contributed by atoms with Crippen LogP contribution in [0.2, 0.25) is 0 Å². The zero-order valence-electron chi connectivity index (χ0n) is 12.8. The molecular formula is C18H15N3O3. The summed E-state index contributed by atoms with van der Waals surface area (Å²) in [6.45, 7) is 0. The van der Waals surface area contributed by atoms with Gasteiger partial charge in [-0.1, -0.05) is 36.4 Å². The number of nitrogens with one attached hydrogen (secondary N) is 1. The van der Waals surface area contributed by atoms with Gasteiger partial charge in [0.15, 0.2) is 5.92 Å². The molecule has 2 aliphatic rings. The Morgan fingerprint density at radius 2 is 1.79 bits per heavy atom. The summed E-state index contributed by atoms with van der Waals surface area (Å²) in [5, 5.41) is 3.94. The Morgan fingerprint density at radius 3 is 2.58 bits per heavy atom. The molecular weight excluding hydrogens is 306 g/mol. The van der Waals surface area contributed by atoms with Gasteiger partial charge in [-0.2, -0.15) is 0 Å². The largest absolute Gasteiger partial charge is 0.335 e. The van der Waals surface area contributed by atoms with Crippen LogP contribution in [0.4, 0.5) is 10.5 Å². The number of carbonyl (C=O) groups excluding carboxylic acids is 3. The second-order valence-electron chi connectivity index (χ2n) is 5.97. The molecule has 6 nitrogen and oxygen atoms in total. The van der Waals surface area contributed by atoms with Crippen molar-refractivity contribution in [2.45, 2.75) is 18.9 Å². The van der Waals surface area contributed by atoms with E-state index < -0.39 is 23.8 Å². The second kappa shape index (κ2) is 5.56. The van der Waals surface area contributed by atoms with Crippen molar-refractivity contribution < 1.29 is 14.4 Å². The zero-order valence-corrected chi connectivity index (χ0v) is 12.8. The van der Waals surface area contributed by atoms with Crippen LogP contribution < -0.4 is 10.2 Å². The summed E-state index contributed by atoms with van der Waals surface area (Å²) in [6, 6.07) is 12.3. The van der Waals surface area contributed by atoms with Crippen LogP contribution in [0.25, 0.3) is 10.8 Å². The minimum atomic E-state index is -1.07. The maximum atomic E-state index is 12.8. The highest BCUT2D eigenvalue weighted by atomic mass is 16.2. The zero-order chi connectivity index (χ0) is 16.7. The molecule has 1 N–H and O–H groups in total. The van der Waals surface area contributed by atoms with E-state index in [1.807, 2.05) is 30.3 Å². The van der Waals surface area contributed by atoms with Crippen molar-refractivity contribution in [3.05, 3.63) is 42.5 Å². The van der Waals surface area contributed by atoms with Crippen molar-refractivity contribution in [1.82, 2.24) is 5.32 Å². The van der Waals surface area contributed by atoms with Gasteiger partial charge in [0.2, 0.25) is 5.91 Å². The molecule has 1 atom stereocenters. The van der Waals surface area contributed by atoms with E-state index in [4.69, 9.17) is 0 Å². The van der Waals surface area contributed by atoms with Crippen molar-refractivity contribution in [2.24, 2.45) is 10.9 Å². The molecule has 0 bridgehead atoms. The minimum Gasteiger partial charge on any atom is -0.293 e. The Kier molecular flexibility index (Phi) is 3.37. The first-order valence-corrected chi connectivity index (χ1v) is 7.85.